The van der Waals surface area contributed by atoms with E-state index in [1.54, 1.807) is 0 Å². The fourth-order valence-electron chi connectivity index (χ4n) is 2.45. The molecule has 1 saturated heterocycles. The minimum absolute atomic E-state index is 0.145. The Morgan fingerprint density at radius 3 is 2.36 bits per heavy atom. The van der Waals surface area contributed by atoms with Crippen LogP contribution in [0, 0.1) is 0 Å². The highest BCUT2D eigenvalue weighted by molar-refractivity contribution is 5.66. The Morgan fingerprint density at radius 2 is 1.76 bits per heavy atom. The molecule has 0 aromatic heterocycles. The fourth-order valence-corrected chi connectivity index (χ4v) is 2.45. The summed E-state index contributed by atoms with van der Waals surface area (Å²) in [6.07, 6.45) is -6.18. The molecule has 1 aromatic carbocycles. The van der Waals surface area contributed by atoms with Gasteiger partial charge in [-0.05, 0) is 5.56 Å². The number of ether oxygens (including phenoxy) is 4. The number of aliphatic hydroxyl groups excluding tert-OH is 2. The van der Waals surface area contributed by atoms with Gasteiger partial charge in [0.2, 0.25) is 0 Å². The van der Waals surface area contributed by atoms with Gasteiger partial charge in [0.1, 0.15) is 24.9 Å². The Kier molecular flexibility index (Phi) is 6.89. The number of carbonyl (C=O) groups excluding carboxylic acids is 2. The quantitative estimate of drug-likeness (QED) is 0.694. The standard InChI is InChI=1S/C17H22O8/c1-10(18)22-9-13-14(20)15(21)16(24-11(2)19)17(25-13)23-8-12-6-4-3-5-7-12/h3-7,13-17,20-21H,8-9H2,1-2H3/t13-,14+,15+,16-,17-/m1/s1. The van der Waals surface area contributed by atoms with Gasteiger partial charge >= 0.3 is 11.9 Å². The average molecular weight is 354 g/mol. The van der Waals surface area contributed by atoms with Crippen molar-refractivity contribution in [2.45, 2.75) is 51.2 Å². The molecule has 0 radical (unpaired) electrons. The van der Waals surface area contributed by atoms with Crippen molar-refractivity contribution in [1.82, 2.24) is 0 Å². The maximum Gasteiger partial charge on any atom is 0.303 e. The number of carbonyl (C=O) groups is 2. The molecule has 1 aliphatic rings. The van der Waals surface area contributed by atoms with Crippen molar-refractivity contribution in [2.24, 2.45) is 0 Å². The van der Waals surface area contributed by atoms with Crippen LogP contribution in [0.2, 0.25) is 0 Å². The molecule has 2 N–H and O–H groups in total. The highest BCUT2D eigenvalue weighted by atomic mass is 16.7. The lowest BCUT2D eigenvalue weighted by molar-refractivity contribution is -0.307. The zero-order valence-corrected chi connectivity index (χ0v) is 14.0. The lowest BCUT2D eigenvalue weighted by Gasteiger charge is -2.41. The second-order valence-electron chi connectivity index (χ2n) is 5.70. The van der Waals surface area contributed by atoms with Gasteiger partial charge in [-0.3, -0.25) is 9.59 Å². The molecule has 1 aromatic rings. The van der Waals surface area contributed by atoms with E-state index in [0.29, 0.717) is 0 Å². The highest BCUT2D eigenvalue weighted by Crippen LogP contribution is 2.26. The summed E-state index contributed by atoms with van der Waals surface area (Å²) in [6.45, 7) is 2.28. The second kappa shape index (κ2) is 8.91. The van der Waals surface area contributed by atoms with E-state index in [1.807, 2.05) is 30.3 Å². The summed E-state index contributed by atoms with van der Waals surface area (Å²) in [7, 11) is 0. The van der Waals surface area contributed by atoms with E-state index >= 15 is 0 Å². The predicted molar refractivity (Wildman–Crippen MR) is 84.1 cm³/mol. The first kappa shape index (κ1) is 19.3. The molecule has 0 bridgehead atoms. The Balaban J connectivity index is 2.08. The third-order valence-electron chi connectivity index (χ3n) is 3.65. The van der Waals surface area contributed by atoms with Gasteiger partial charge in [-0.15, -0.1) is 0 Å². The molecule has 138 valence electrons. The summed E-state index contributed by atoms with van der Waals surface area (Å²) in [5, 5.41) is 20.4. The smallest absolute Gasteiger partial charge is 0.303 e. The normalized spacial score (nSPS) is 29.0. The molecule has 5 atom stereocenters. The number of hydrogen-bond acceptors (Lipinski definition) is 8. The van der Waals surface area contributed by atoms with Gasteiger partial charge in [0.25, 0.3) is 0 Å². The minimum atomic E-state index is -1.45. The van der Waals surface area contributed by atoms with Crippen LogP contribution < -0.4 is 0 Å². The molecule has 2 rings (SSSR count). The van der Waals surface area contributed by atoms with E-state index < -0.39 is 42.6 Å². The number of aliphatic hydroxyl groups is 2. The third-order valence-corrected chi connectivity index (χ3v) is 3.65. The number of benzene rings is 1. The van der Waals surface area contributed by atoms with Crippen molar-refractivity contribution in [3.8, 4) is 0 Å². The summed E-state index contributed by atoms with van der Waals surface area (Å²) in [6, 6.07) is 9.21. The van der Waals surface area contributed by atoms with Crippen LogP contribution in [0.5, 0.6) is 0 Å². The Bertz CT molecular complexity index is 573. The first-order valence-corrected chi connectivity index (χ1v) is 7.86. The van der Waals surface area contributed by atoms with Gasteiger partial charge in [0.15, 0.2) is 12.4 Å². The van der Waals surface area contributed by atoms with E-state index in [1.165, 1.54) is 13.8 Å². The monoisotopic (exact) mass is 354 g/mol. The Morgan fingerprint density at radius 1 is 1.08 bits per heavy atom. The van der Waals surface area contributed by atoms with Crippen LogP contribution in [-0.4, -0.2) is 59.5 Å². The van der Waals surface area contributed by atoms with Crippen LogP contribution in [0.15, 0.2) is 30.3 Å². The maximum absolute atomic E-state index is 11.3. The molecule has 0 amide bonds. The summed E-state index contributed by atoms with van der Waals surface area (Å²) >= 11 is 0. The SMILES string of the molecule is CC(=O)OC[C@H]1O[C@@H](OCc2ccccc2)[C@H](OC(C)=O)[C@@H](O)[C@H]1O. The van der Waals surface area contributed by atoms with Crippen LogP contribution in [0.25, 0.3) is 0 Å². The van der Waals surface area contributed by atoms with Crippen molar-refractivity contribution in [1.29, 1.82) is 0 Å². The molecule has 0 unspecified atom stereocenters. The third kappa shape index (κ3) is 5.50. The largest absolute Gasteiger partial charge is 0.463 e. The van der Waals surface area contributed by atoms with Gasteiger partial charge in [-0.2, -0.15) is 0 Å². The predicted octanol–water partition coefficient (Wildman–Crippen LogP) is 0.145. The average Bonchev–Trinajstić information content (AvgIpc) is 2.58. The lowest BCUT2D eigenvalue weighted by Crippen LogP contribution is -2.60. The molecule has 1 heterocycles. The molecular weight excluding hydrogens is 332 g/mol. The zero-order chi connectivity index (χ0) is 18.4. The first-order valence-electron chi connectivity index (χ1n) is 7.86. The minimum Gasteiger partial charge on any atom is -0.463 e. The van der Waals surface area contributed by atoms with Gasteiger partial charge in [0, 0.05) is 13.8 Å². The van der Waals surface area contributed by atoms with E-state index in [4.69, 9.17) is 18.9 Å². The zero-order valence-electron chi connectivity index (χ0n) is 14.0. The van der Waals surface area contributed by atoms with Crippen molar-refractivity contribution in [2.75, 3.05) is 6.61 Å². The highest BCUT2D eigenvalue weighted by Gasteiger charge is 2.47. The molecule has 0 spiro atoms. The molecule has 8 heteroatoms. The van der Waals surface area contributed by atoms with E-state index in [9.17, 15) is 19.8 Å². The van der Waals surface area contributed by atoms with E-state index in [-0.39, 0.29) is 13.2 Å². The van der Waals surface area contributed by atoms with Gasteiger partial charge < -0.3 is 29.2 Å². The Hall–Kier alpha value is -2.00. The van der Waals surface area contributed by atoms with Crippen molar-refractivity contribution < 1.29 is 38.7 Å². The number of hydrogen-bond donors (Lipinski definition) is 2. The van der Waals surface area contributed by atoms with Crippen LogP contribution in [-0.2, 0) is 35.1 Å². The van der Waals surface area contributed by atoms with Crippen LogP contribution in [0.1, 0.15) is 19.4 Å². The molecular formula is C17H22O8. The number of rotatable bonds is 6. The van der Waals surface area contributed by atoms with Gasteiger partial charge in [-0.25, -0.2) is 0 Å². The summed E-state index contributed by atoms with van der Waals surface area (Å²) < 4.78 is 21.1. The fraction of sp³-hybridized carbons (Fsp3) is 0.529. The van der Waals surface area contributed by atoms with Crippen LogP contribution in [0.3, 0.4) is 0 Å². The van der Waals surface area contributed by atoms with Crippen LogP contribution in [0.4, 0.5) is 0 Å². The molecule has 0 saturated carbocycles. The Labute approximate surface area is 145 Å². The molecule has 8 nitrogen and oxygen atoms in total. The van der Waals surface area contributed by atoms with Crippen LogP contribution >= 0.6 is 0 Å². The molecule has 1 aliphatic heterocycles. The molecule has 0 aliphatic carbocycles. The topological polar surface area (TPSA) is 112 Å². The first-order chi connectivity index (χ1) is 11.9. The summed E-state index contributed by atoms with van der Waals surface area (Å²) in [5.74, 6) is -1.19. The van der Waals surface area contributed by atoms with Crippen molar-refractivity contribution in [3.63, 3.8) is 0 Å². The summed E-state index contributed by atoms with van der Waals surface area (Å²) in [4.78, 5) is 22.2. The van der Waals surface area contributed by atoms with E-state index in [2.05, 4.69) is 0 Å². The van der Waals surface area contributed by atoms with Crippen molar-refractivity contribution in [3.05, 3.63) is 35.9 Å². The number of esters is 2. The van der Waals surface area contributed by atoms with Crippen molar-refractivity contribution >= 4 is 11.9 Å². The van der Waals surface area contributed by atoms with Gasteiger partial charge in [-0.1, -0.05) is 30.3 Å². The van der Waals surface area contributed by atoms with Gasteiger partial charge in [0.05, 0.1) is 6.61 Å². The molecule has 1 fully saturated rings. The maximum atomic E-state index is 11.3. The lowest BCUT2D eigenvalue weighted by atomic mass is 9.99. The van der Waals surface area contributed by atoms with E-state index in [0.717, 1.165) is 5.56 Å². The molecule has 25 heavy (non-hydrogen) atoms. The second-order valence-corrected chi connectivity index (χ2v) is 5.70. The summed E-state index contributed by atoms with van der Waals surface area (Å²) in [5.41, 5.74) is 0.852.